The first-order valence-corrected chi connectivity index (χ1v) is 3.76. The molecule has 1 aromatic heterocycles. The molecular formula is C8H10F3NO. The lowest BCUT2D eigenvalue weighted by molar-refractivity contribution is -0.147. The first kappa shape index (κ1) is 10.1. The van der Waals surface area contributed by atoms with Crippen LogP contribution in [0.15, 0.2) is 16.7 Å². The molecule has 1 rings (SSSR count). The zero-order valence-electron chi connectivity index (χ0n) is 7.06. The van der Waals surface area contributed by atoms with Gasteiger partial charge in [0.15, 0.2) is 0 Å². The fraction of sp³-hybridized carbons (Fsp3) is 0.500. The van der Waals surface area contributed by atoms with Crippen molar-refractivity contribution in [2.45, 2.75) is 25.6 Å². The van der Waals surface area contributed by atoms with E-state index in [2.05, 4.69) is 0 Å². The van der Waals surface area contributed by atoms with Crippen molar-refractivity contribution in [2.24, 2.45) is 5.73 Å². The average molecular weight is 193 g/mol. The lowest BCUT2D eigenvalue weighted by atomic mass is 10.1. The molecule has 0 aromatic carbocycles. The number of furan rings is 1. The second kappa shape index (κ2) is 3.41. The summed E-state index contributed by atoms with van der Waals surface area (Å²) in [5, 5.41) is 0. The van der Waals surface area contributed by atoms with Crippen LogP contribution in [-0.4, -0.2) is 12.2 Å². The molecule has 0 fully saturated rings. The summed E-state index contributed by atoms with van der Waals surface area (Å²) < 4.78 is 40.9. The van der Waals surface area contributed by atoms with Crippen LogP contribution in [0.25, 0.3) is 0 Å². The number of nitrogens with two attached hydrogens (primary N) is 1. The molecule has 0 bridgehead atoms. The van der Waals surface area contributed by atoms with Crippen molar-refractivity contribution in [2.75, 3.05) is 0 Å². The van der Waals surface area contributed by atoms with Crippen LogP contribution in [0.2, 0.25) is 0 Å². The van der Waals surface area contributed by atoms with E-state index in [-0.39, 0.29) is 6.42 Å². The standard InChI is InChI=1S/C8H10F3NO/c1-5-6(2-3-13-5)4-7(12)8(9,10)11/h2-3,7H,4,12H2,1H3. The van der Waals surface area contributed by atoms with E-state index in [0.717, 1.165) is 0 Å². The van der Waals surface area contributed by atoms with Gasteiger partial charge in [-0.1, -0.05) is 0 Å². The molecule has 0 aliphatic carbocycles. The van der Waals surface area contributed by atoms with E-state index in [1.807, 2.05) is 0 Å². The van der Waals surface area contributed by atoms with Gasteiger partial charge >= 0.3 is 6.18 Å². The SMILES string of the molecule is Cc1occc1CC(N)C(F)(F)F. The first-order valence-electron chi connectivity index (χ1n) is 3.76. The highest BCUT2D eigenvalue weighted by molar-refractivity contribution is 5.17. The van der Waals surface area contributed by atoms with Crippen molar-refractivity contribution in [3.05, 3.63) is 23.7 Å². The number of aryl methyl sites for hydroxylation is 1. The Kier molecular flexibility index (Phi) is 2.66. The van der Waals surface area contributed by atoms with Gasteiger partial charge in [0.1, 0.15) is 11.8 Å². The van der Waals surface area contributed by atoms with Crippen molar-refractivity contribution in [3.8, 4) is 0 Å². The predicted molar refractivity (Wildman–Crippen MR) is 41.2 cm³/mol. The highest BCUT2D eigenvalue weighted by Crippen LogP contribution is 2.22. The molecule has 0 saturated carbocycles. The minimum Gasteiger partial charge on any atom is -0.469 e. The Morgan fingerprint density at radius 2 is 2.15 bits per heavy atom. The summed E-state index contributed by atoms with van der Waals surface area (Å²) in [5.41, 5.74) is 5.45. The zero-order valence-corrected chi connectivity index (χ0v) is 7.06. The summed E-state index contributed by atoms with van der Waals surface area (Å²) in [4.78, 5) is 0. The Balaban J connectivity index is 2.65. The summed E-state index contributed by atoms with van der Waals surface area (Å²) >= 11 is 0. The normalized spacial score (nSPS) is 14.5. The minimum absolute atomic E-state index is 0.230. The van der Waals surface area contributed by atoms with Gasteiger partial charge in [0.05, 0.1) is 6.26 Å². The predicted octanol–water partition coefficient (Wildman–Crippen LogP) is 2.02. The molecule has 1 aromatic rings. The molecule has 13 heavy (non-hydrogen) atoms. The zero-order chi connectivity index (χ0) is 10.1. The third-order valence-electron chi connectivity index (χ3n) is 1.83. The number of halogens is 3. The van der Waals surface area contributed by atoms with Crippen molar-refractivity contribution < 1.29 is 17.6 Å². The number of alkyl halides is 3. The Morgan fingerprint density at radius 3 is 2.54 bits per heavy atom. The molecule has 74 valence electrons. The number of hydrogen-bond acceptors (Lipinski definition) is 2. The van der Waals surface area contributed by atoms with Crippen LogP contribution in [0, 0.1) is 6.92 Å². The van der Waals surface area contributed by atoms with Crippen LogP contribution >= 0.6 is 0 Å². The minimum atomic E-state index is -4.34. The molecule has 1 atom stereocenters. The quantitative estimate of drug-likeness (QED) is 0.780. The Morgan fingerprint density at radius 1 is 1.54 bits per heavy atom. The van der Waals surface area contributed by atoms with Crippen LogP contribution < -0.4 is 5.73 Å². The van der Waals surface area contributed by atoms with Gasteiger partial charge in [-0.05, 0) is 25.0 Å². The van der Waals surface area contributed by atoms with E-state index in [1.54, 1.807) is 6.92 Å². The average Bonchev–Trinajstić information content (AvgIpc) is 2.34. The van der Waals surface area contributed by atoms with Gasteiger partial charge in [-0.15, -0.1) is 0 Å². The van der Waals surface area contributed by atoms with Crippen molar-refractivity contribution in [1.29, 1.82) is 0 Å². The summed E-state index contributed by atoms with van der Waals surface area (Å²) in [6.45, 7) is 1.61. The Bertz CT molecular complexity index is 279. The molecule has 0 aliphatic heterocycles. The third kappa shape index (κ3) is 2.48. The van der Waals surface area contributed by atoms with Crippen LogP contribution in [0.5, 0.6) is 0 Å². The Hall–Kier alpha value is -0.970. The van der Waals surface area contributed by atoms with E-state index in [4.69, 9.17) is 10.2 Å². The van der Waals surface area contributed by atoms with Crippen LogP contribution in [0.1, 0.15) is 11.3 Å². The maximum atomic E-state index is 12.0. The van der Waals surface area contributed by atoms with Gasteiger partial charge in [-0.2, -0.15) is 13.2 Å². The molecule has 1 heterocycles. The summed E-state index contributed by atoms with van der Waals surface area (Å²) in [6.07, 6.45) is -3.22. The highest BCUT2D eigenvalue weighted by Gasteiger charge is 2.36. The van der Waals surface area contributed by atoms with Crippen molar-refractivity contribution >= 4 is 0 Å². The van der Waals surface area contributed by atoms with Crippen LogP contribution in [-0.2, 0) is 6.42 Å². The monoisotopic (exact) mass is 193 g/mol. The summed E-state index contributed by atoms with van der Waals surface area (Å²) in [5.74, 6) is 0.486. The van der Waals surface area contributed by atoms with Crippen molar-refractivity contribution in [1.82, 2.24) is 0 Å². The van der Waals surface area contributed by atoms with E-state index in [0.29, 0.717) is 11.3 Å². The smallest absolute Gasteiger partial charge is 0.403 e. The molecule has 2 N–H and O–H groups in total. The molecule has 0 spiro atoms. The molecule has 5 heteroatoms. The van der Waals surface area contributed by atoms with Gasteiger partial charge < -0.3 is 10.2 Å². The van der Waals surface area contributed by atoms with E-state index in [1.165, 1.54) is 12.3 Å². The van der Waals surface area contributed by atoms with Gasteiger partial charge in [-0.25, -0.2) is 0 Å². The third-order valence-corrected chi connectivity index (χ3v) is 1.83. The molecule has 1 unspecified atom stereocenters. The van der Waals surface area contributed by atoms with E-state index < -0.39 is 12.2 Å². The molecule has 0 amide bonds. The number of hydrogen-bond donors (Lipinski definition) is 1. The fourth-order valence-corrected chi connectivity index (χ4v) is 0.976. The molecule has 0 saturated heterocycles. The van der Waals surface area contributed by atoms with Gasteiger partial charge in [0.2, 0.25) is 0 Å². The van der Waals surface area contributed by atoms with E-state index in [9.17, 15) is 13.2 Å². The van der Waals surface area contributed by atoms with E-state index >= 15 is 0 Å². The number of rotatable bonds is 2. The lowest BCUT2D eigenvalue weighted by Gasteiger charge is -2.14. The van der Waals surface area contributed by atoms with Crippen LogP contribution in [0.4, 0.5) is 13.2 Å². The Labute approximate surface area is 73.5 Å². The highest BCUT2D eigenvalue weighted by atomic mass is 19.4. The molecular weight excluding hydrogens is 183 g/mol. The second-order valence-electron chi connectivity index (χ2n) is 2.85. The molecule has 0 radical (unpaired) electrons. The van der Waals surface area contributed by atoms with Gasteiger partial charge in [0.25, 0.3) is 0 Å². The fourth-order valence-electron chi connectivity index (χ4n) is 0.976. The van der Waals surface area contributed by atoms with Gasteiger partial charge in [0, 0.05) is 0 Å². The van der Waals surface area contributed by atoms with Crippen molar-refractivity contribution in [3.63, 3.8) is 0 Å². The molecule has 0 aliphatic rings. The largest absolute Gasteiger partial charge is 0.469 e. The molecule has 2 nitrogen and oxygen atoms in total. The first-order chi connectivity index (χ1) is 5.91. The topological polar surface area (TPSA) is 39.2 Å². The summed E-state index contributed by atoms with van der Waals surface area (Å²) in [7, 11) is 0. The second-order valence-corrected chi connectivity index (χ2v) is 2.85. The maximum absolute atomic E-state index is 12.0. The van der Waals surface area contributed by atoms with Crippen LogP contribution in [0.3, 0.4) is 0 Å². The summed E-state index contributed by atoms with van der Waals surface area (Å²) in [6, 6.07) is -0.315. The lowest BCUT2D eigenvalue weighted by Crippen LogP contribution is -2.39. The van der Waals surface area contributed by atoms with Gasteiger partial charge in [-0.3, -0.25) is 0 Å². The maximum Gasteiger partial charge on any atom is 0.403 e.